The number of hydrogen-bond donors (Lipinski definition) is 1. The number of nitrogens with two attached hydrogens (primary N) is 1. The van der Waals surface area contributed by atoms with Gasteiger partial charge in [0.25, 0.3) is 5.91 Å². The van der Waals surface area contributed by atoms with Crippen LogP contribution in [0.3, 0.4) is 0 Å². The van der Waals surface area contributed by atoms with Crippen molar-refractivity contribution < 1.29 is 9.59 Å². The van der Waals surface area contributed by atoms with Crippen molar-refractivity contribution in [3.63, 3.8) is 0 Å². The third-order valence-corrected chi connectivity index (χ3v) is 6.04. The topological polar surface area (TPSA) is 66.6 Å². The van der Waals surface area contributed by atoms with Gasteiger partial charge in [-0.15, -0.1) is 12.4 Å². The third-order valence-electron chi connectivity index (χ3n) is 6.04. The monoisotopic (exact) mass is 413 g/mol. The van der Waals surface area contributed by atoms with E-state index in [-0.39, 0.29) is 18.3 Å². The zero-order valence-electron chi connectivity index (χ0n) is 16.5. The van der Waals surface area contributed by atoms with E-state index in [2.05, 4.69) is 35.2 Å². The van der Waals surface area contributed by atoms with Gasteiger partial charge in [0.05, 0.1) is 11.1 Å². The lowest BCUT2D eigenvalue weighted by atomic mass is 9.93. The lowest BCUT2D eigenvalue weighted by Crippen LogP contribution is -2.35. The van der Waals surface area contributed by atoms with Crippen molar-refractivity contribution in [2.24, 2.45) is 11.7 Å². The van der Waals surface area contributed by atoms with Gasteiger partial charge in [-0.05, 0) is 55.5 Å². The third kappa shape index (κ3) is 4.80. The smallest absolute Gasteiger partial charge is 0.255 e. The molecule has 0 radical (unpaired) electrons. The second-order valence-corrected chi connectivity index (χ2v) is 7.92. The first kappa shape index (κ1) is 21.3. The molecule has 1 saturated heterocycles. The van der Waals surface area contributed by atoms with Gasteiger partial charge in [0.1, 0.15) is 0 Å². The van der Waals surface area contributed by atoms with E-state index in [1.54, 1.807) is 12.1 Å². The van der Waals surface area contributed by atoms with Crippen LogP contribution >= 0.6 is 12.4 Å². The molecule has 0 spiro atoms. The lowest BCUT2D eigenvalue weighted by Gasteiger charge is -2.32. The van der Waals surface area contributed by atoms with Gasteiger partial charge in [-0.25, -0.2) is 0 Å². The number of carbonyl (C=O) groups is 2. The Kier molecular flexibility index (Phi) is 6.93. The van der Waals surface area contributed by atoms with Crippen molar-refractivity contribution in [1.82, 2.24) is 9.80 Å². The molecule has 29 heavy (non-hydrogen) atoms. The number of nitrogens with zero attached hydrogens (tertiary/aromatic N) is 2. The summed E-state index contributed by atoms with van der Waals surface area (Å²) in [6, 6.07) is 16.0. The van der Waals surface area contributed by atoms with Gasteiger partial charge >= 0.3 is 0 Å². The summed E-state index contributed by atoms with van der Waals surface area (Å²) in [6.07, 6.45) is 3.37. The van der Waals surface area contributed by atoms with Gasteiger partial charge < -0.3 is 10.6 Å². The first-order valence-corrected chi connectivity index (χ1v) is 10.1. The average Bonchev–Trinajstić information content (AvgIpc) is 3.04. The number of rotatable bonds is 6. The minimum absolute atomic E-state index is 0. The van der Waals surface area contributed by atoms with Crippen LogP contribution in [-0.4, -0.2) is 41.2 Å². The highest BCUT2D eigenvalue weighted by atomic mass is 35.5. The van der Waals surface area contributed by atoms with E-state index in [1.807, 2.05) is 11.0 Å². The molecule has 1 fully saturated rings. The molecule has 0 aliphatic carbocycles. The number of piperidine rings is 1. The number of halogens is 1. The zero-order valence-corrected chi connectivity index (χ0v) is 17.4. The molecule has 6 heteroatoms. The summed E-state index contributed by atoms with van der Waals surface area (Å²) < 4.78 is 0. The number of carbonyl (C=O) groups excluding carboxylic acids is 2. The standard InChI is InChI=1S/C23H27N3O2.ClH/c24-22(27)20-8-4-7-19-16-26(23(28)21(19)20)14-11-17-9-12-25(13-10-17)15-18-5-2-1-3-6-18;/h1-8,17H,9-16H2,(H2,24,27);1H. The van der Waals surface area contributed by atoms with E-state index in [1.165, 1.54) is 18.4 Å². The van der Waals surface area contributed by atoms with Crippen molar-refractivity contribution in [3.8, 4) is 0 Å². The molecule has 0 saturated carbocycles. The SMILES string of the molecule is Cl.NC(=O)c1cccc2c1C(=O)N(CCC1CCN(Cc3ccccc3)CC1)C2. The maximum atomic E-state index is 12.8. The van der Waals surface area contributed by atoms with Gasteiger partial charge in [-0.1, -0.05) is 42.5 Å². The maximum Gasteiger partial charge on any atom is 0.255 e. The molecule has 2 aliphatic rings. The van der Waals surface area contributed by atoms with E-state index in [0.29, 0.717) is 23.6 Å². The molecule has 2 aliphatic heterocycles. The van der Waals surface area contributed by atoms with Crippen LogP contribution < -0.4 is 5.73 Å². The van der Waals surface area contributed by atoms with Crippen molar-refractivity contribution in [1.29, 1.82) is 0 Å². The number of amides is 2. The van der Waals surface area contributed by atoms with Crippen LogP contribution in [-0.2, 0) is 13.1 Å². The van der Waals surface area contributed by atoms with Crippen molar-refractivity contribution in [2.45, 2.75) is 32.4 Å². The number of fused-ring (bicyclic) bond motifs is 1. The summed E-state index contributed by atoms with van der Waals surface area (Å²) in [5.41, 5.74) is 8.58. The van der Waals surface area contributed by atoms with Gasteiger partial charge in [0, 0.05) is 19.6 Å². The highest BCUT2D eigenvalue weighted by molar-refractivity contribution is 6.09. The molecular formula is C23H28ClN3O2. The van der Waals surface area contributed by atoms with Gasteiger partial charge in [-0.2, -0.15) is 0 Å². The molecule has 0 unspecified atom stereocenters. The molecule has 2 aromatic carbocycles. The van der Waals surface area contributed by atoms with Gasteiger partial charge in [0.15, 0.2) is 0 Å². The quantitative estimate of drug-likeness (QED) is 0.788. The second kappa shape index (κ2) is 9.42. The molecule has 154 valence electrons. The van der Waals surface area contributed by atoms with Crippen LogP contribution in [0.2, 0.25) is 0 Å². The second-order valence-electron chi connectivity index (χ2n) is 7.92. The molecule has 5 nitrogen and oxygen atoms in total. The molecule has 0 atom stereocenters. The highest BCUT2D eigenvalue weighted by Gasteiger charge is 2.31. The summed E-state index contributed by atoms with van der Waals surface area (Å²) >= 11 is 0. The summed E-state index contributed by atoms with van der Waals surface area (Å²) in [5, 5.41) is 0. The van der Waals surface area contributed by atoms with Crippen LogP contribution in [0.1, 0.15) is 51.1 Å². The largest absolute Gasteiger partial charge is 0.366 e. The normalized spacial score (nSPS) is 17.1. The summed E-state index contributed by atoms with van der Waals surface area (Å²) in [5.74, 6) is 0.0721. The minimum atomic E-state index is -0.530. The first-order valence-electron chi connectivity index (χ1n) is 10.1. The summed E-state index contributed by atoms with van der Waals surface area (Å²) in [4.78, 5) is 28.8. The maximum absolute atomic E-state index is 12.8. The molecule has 2 aromatic rings. The predicted molar refractivity (Wildman–Crippen MR) is 116 cm³/mol. The fourth-order valence-electron chi connectivity index (χ4n) is 4.42. The van der Waals surface area contributed by atoms with Gasteiger partial charge in [-0.3, -0.25) is 14.5 Å². The number of benzene rings is 2. The Labute approximate surface area is 178 Å². The van der Waals surface area contributed by atoms with Crippen LogP contribution in [0.4, 0.5) is 0 Å². The lowest BCUT2D eigenvalue weighted by molar-refractivity contribution is 0.0753. The number of hydrogen-bond acceptors (Lipinski definition) is 3. The average molecular weight is 414 g/mol. The fourth-order valence-corrected chi connectivity index (χ4v) is 4.42. The van der Waals surface area contributed by atoms with Crippen molar-refractivity contribution >= 4 is 24.2 Å². The molecule has 2 heterocycles. The highest BCUT2D eigenvalue weighted by Crippen LogP contribution is 2.28. The molecule has 0 bridgehead atoms. The number of primary amides is 1. The zero-order chi connectivity index (χ0) is 19.5. The summed E-state index contributed by atoms with van der Waals surface area (Å²) in [7, 11) is 0. The van der Waals surface area contributed by atoms with Crippen LogP contribution in [0, 0.1) is 5.92 Å². The van der Waals surface area contributed by atoms with E-state index >= 15 is 0 Å². The first-order chi connectivity index (χ1) is 13.6. The van der Waals surface area contributed by atoms with E-state index in [4.69, 9.17) is 5.73 Å². The Hall–Kier alpha value is -2.37. The van der Waals surface area contributed by atoms with Crippen molar-refractivity contribution in [3.05, 3.63) is 70.8 Å². The van der Waals surface area contributed by atoms with E-state index in [9.17, 15) is 9.59 Å². The van der Waals surface area contributed by atoms with E-state index < -0.39 is 5.91 Å². The van der Waals surface area contributed by atoms with Gasteiger partial charge in [0.2, 0.25) is 5.91 Å². The Balaban J connectivity index is 0.00000240. The Bertz CT molecular complexity index is 864. The molecule has 0 aromatic heterocycles. The Morgan fingerprint density at radius 3 is 2.45 bits per heavy atom. The molecule has 2 amide bonds. The Morgan fingerprint density at radius 1 is 1.03 bits per heavy atom. The van der Waals surface area contributed by atoms with E-state index in [0.717, 1.165) is 38.2 Å². The summed E-state index contributed by atoms with van der Waals surface area (Å²) in [6.45, 7) is 4.57. The van der Waals surface area contributed by atoms with Crippen LogP contribution in [0.5, 0.6) is 0 Å². The fraction of sp³-hybridized carbons (Fsp3) is 0.391. The van der Waals surface area contributed by atoms with Crippen LogP contribution in [0.15, 0.2) is 48.5 Å². The molecular weight excluding hydrogens is 386 g/mol. The predicted octanol–water partition coefficient (Wildman–Crippen LogP) is 3.47. The Morgan fingerprint density at radius 2 is 1.76 bits per heavy atom. The van der Waals surface area contributed by atoms with Crippen molar-refractivity contribution in [2.75, 3.05) is 19.6 Å². The molecule has 2 N–H and O–H groups in total. The van der Waals surface area contributed by atoms with Crippen LogP contribution in [0.25, 0.3) is 0 Å². The number of likely N-dealkylation sites (tertiary alicyclic amines) is 1. The minimum Gasteiger partial charge on any atom is -0.366 e. The molecule has 4 rings (SSSR count).